The molecule has 0 aliphatic heterocycles. The number of hydrogen-bond acceptors (Lipinski definition) is 0. The van der Waals surface area contributed by atoms with Gasteiger partial charge in [-0.25, -0.2) is 0 Å². The first-order chi connectivity index (χ1) is 6.43. The van der Waals surface area contributed by atoms with Gasteiger partial charge in [-0.3, -0.25) is 0 Å². The molecule has 0 spiro atoms. The third-order valence-corrected chi connectivity index (χ3v) is 2.45. The van der Waals surface area contributed by atoms with E-state index in [9.17, 15) is 13.2 Å². The molecular weight excluding hydrogens is 304 g/mol. The van der Waals surface area contributed by atoms with Crippen molar-refractivity contribution in [1.82, 2.24) is 0 Å². The van der Waals surface area contributed by atoms with E-state index in [4.69, 9.17) is 0 Å². The van der Waals surface area contributed by atoms with Crippen LogP contribution >= 0.6 is 22.6 Å². The molecule has 0 radical (unpaired) electrons. The van der Waals surface area contributed by atoms with Crippen LogP contribution in [0.4, 0.5) is 13.2 Å². The van der Waals surface area contributed by atoms with Gasteiger partial charge in [0.1, 0.15) is 0 Å². The van der Waals surface area contributed by atoms with Crippen LogP contribution in [0.25, 0.3) is 0 Å². The van der Waals surface area contributed by atoms with Gasteiger partial charge in [-0.05, 0) is 52.8 Å². The Morgan fingerprint density at radius 2 is 1.86 bits per heavy atom. The Kier molecular flexibility index (Phi) is 3.80. The monoisotopic (exact) mass is 314 g/mol. The third kappa shape index (κ3) is 3.15. The fourth-order valence-corrected chi connectivity index (χ4v) is 1.98. The van der Waals surface area contributed by atoms with Crippen LogP contribution < -0.4 is 0 Å². The fraction of sp³-hybridized carbons (Fsp3) is 0.400. The van der Waals surface area contributed by atoms with E-state index in [-0.39, 0.29) is 0 Å². The normalized spacial score (nSPS) is 11.8. The molecule has 1 aromatic carbocycles. The van der Waals surface area contributed by atoms with Gasteiger partial charge in [0.2, 0.25) is 0 Å². The molecule has 0 aliphatic carbocycles. The number of halogens is 4. The van der Waals surface area contributed by atoms with Crippen LogP contribution in [0.1, 0.15) is 24.5 Å². The highest BCUT2D eigenvalue weighted by Gasteiger charge is 2.30. The summed E-state index contributed by atoms with van der Waals surface area (Å²) in [7, 11) is 0. The van der Waals surface area contributed by atoms with Crippen molar-refractivity contribution in [1.29, 1.82) is 0 Å². The molecule has 0 aromatic heterocycles. The summed E-state index contributed by atoms with van der Waals surface area (Å²) in [6, 6.07) is 4.19. The number of aryl methyl sites for hydroxylation is 1. The van der Waals surface area contributed by atoms with Gasteiger partial charge in [-0.15, -0.1) is 0 Å². The van der Waals surface area contributed by atoms with E-state index in [1.165, 1.54) is 12.1 Å². The Labute approximate surface area is 94.6 Å². The molecule has 0 amide bonds. The van der Waals surface area contributed by atoms with Crippen molar-refractivity contribution in [2.45, 2.75) is 25.9 Å². The van der Waals surface area contributed by atoms with Crippen molar-refractivity contribution in [3.8, 4) is 0 Å². The lowest BCUT2D eigenvalue weighted by atomic mass is 10.1. The van der Waals surface area contributed by atoms with Gasteiger partial charge in [-0.1, -0.05) is 13.3 Å². The molecule has 0 unspecified atom stereocenters. The van der Waals surface area contributed by atoms with Crippen molar-refractivity contribution in [2.24, 2.45) is 0 Å². The van der Waals surface area contributed by atoms with Crippen molar-refractivity contribution in [3.63, 3.8) is 0 Å². The minimum absolute atomic E-state index is 0.548. The van der Waals surface area contributed by atoms with E-state index in [1.807, 2.05) is 29.5 Å². The van der Waals surface area contributed by atoms with Gasteiger partial charge < -0.3 is 0 Å². The summed E-state index contributed by atoms with van der Waals surface area (Å²) in [4.78, 5) is 0. The average molecular weight is 314 g/mol. The van der Waals surface area contributed by atoms with Gasteiger partial charge in [0.25, 0.3) is 0 Å². The van der Waals surface area contributed by atoms with Crippen LogP contribution in [0.3, 0.4) is 0 Å². The Bertz CT molecular complexity index is 318. The predicted octanol–water partition coefficient (Wildman–Crippen LogP) is 4.26. The lowest BCUT2D eigenvalue weighted by Crippen LogP contribution is -2.06. The van der Waals surface area contributed by atoms with Gasteiger partial charge in [0, 0.05) is 3.57 Å². The predicted molar refractivity (Wildman–Crippen MR) is 58.2 cm³/mol. The second-order valence-corrected chi connectivity index (χ2v) is 4.34. The van der Waals surface area contributed by atoms with E-state index in [0.717, 1.165) is 12.0 Å². The number of hydrogen-bond donors (Lipinski definition) is 0. The zero-order valence-corrected chi connectivity index (χ0v) is 9.82. The zero-order valence-electron chi connectivity index (χ0n) is 7.66. The van der Waals surface area contributed by atoms with Crippen LogP contribution in [0.15, 0.2) is 18.2 Å². The molecule has 78 valence electrons. The summed E-state index contributed by atoms with van der Waals surface area (Å²) < 4.78 is 37.8. The van der Waals surface area contributed by atoms with Gasteiger partial charge in [0.15, 0.2) is 0 Å². The van der Waals surface area contributed by atoms with E-state index < -0.39 is 11.7 Å². The fourth-order valence-electron chi connectivity index (χ4n) is 1.25. The first-order valence-corrected chi connectivity index (χ1v) is 5.38. The molecule has 0 nitrogen and oxygen atoms in total. The first kappa shape index (κ1) is 11.8. The lowest BCUT2D eigenvalue weighted by Gasteiger charge is -2.09. The smallest absolute Gasteiger partial charge is 0.166 e. The average Bonchev–Trinajstić information content (AvgIpc) is 2.02. The lowest BCUT2D eigenvalue weighted by molar-refractivity contribution is -0.137. The van der Waals surface area contributed by atoms with Crippen LogP contribution in [-0.4, -0.2) is 0 Å². The maximum Gasteiger partial charge on any atom is 0.416 e. The molecule has 14 heavy (non-hydrogen) atoms. The van der Waals surface area contributed by atoms with Crippen molar-refractivity contribution >= 4 is 22.6 Å². The Morgan fingerprint density at radius 3 is 2.36 bits per heavy atom. The highest BCUT2D eigenvalue weighted by atomic mass is 127. The number of alkyl halides is 3. The van der Waals surface area contributed by atoms with Gasteiger partial charge >= 0.3 is 6.18 Å². The zero-order chi connectivity index (χ0) is 10.8. The Balaban J connectivity index is 3.07. The highest BCUT2D eigenvalue weighted by molar-refractivity contribution is 14.1. The van der Waals surface area contributed by atoms with Crippen molar-refractivity contribution < 1.29 is 13.2 Å². The van der Waals surface area contributed by atoms with E-state index in [0.29, 0.717) is 9.99 Å². The molecular formula is C10H10F3I. The first-order valence-electron chi connectivity index (χ1n) is 4.30. The van der Waals surface area contributed by atoms with Gasteiger partial charge in [0.05, 0.1) is 5.56 Å². The largest absolute Gasteiger partial charge is 0.416 e. The molecule has 0 aliphatic rings. The van der Waals surface area contributed by atoms with Crippen LogP contribution in [0, 0.1) is 3.57 Å². The van der Waals surface area contributed by atoms with Gasteiger partial charge in [-0.2, -0.15) is 13.2 Å². The summed E-state index contributed by atoms with van der Waals surface area (Å²) in [6.45, 7) is 1.95. The molecule has 0 heterocycles. The number of benzene rings is 1. The van der Waals surface area contributed by atoms with E-state index in [2.05, 4.69) is 0 Å². The molecule has 0 atom stereocenters. The van der Waals surface area contributed by atoms with Crippen LogP contribution in [0.2, 0.25) is 0 Å². The van der Waals surface area contributed by atoms with Crippen LogP contribution in [0.5, 0.6) is 0 Å². The molecule has 0 bridgehead atoms. The second-order valence-electron chi connectivity index (χ2n) is 3.10. The quantitative estimate of drug-likeness (QED) is 0.716. The molecule has 1 rings (SSSR count). The summed E-state index contributed by atoms with van der Waals surface area (Å²) in [5, 5.41) is 0. The highest BCUT2D eigenvalue weighted by Crippen LogP contribution is 2.31. The third-order valence-electron chi connectivity index (χ3n) is 1.82. The van der Waals surface area contributed by atoms with Crippen molar-refractivity contribution in [2.75, 3.05) is 0 Å². The maximum absolute atomic E-state index is 12.4. The second kappa shape index (κ2) is 4.51. The van der Waals surface area contributed by atoms with E-state index in [1.54, 1.807) is 6.07 Å². The molecule has 0 saturated carbocycles. The van der Waals surface area contributed by atoms with E-state index >= 15 is 0 Å². The minimum Gasteiger partial charge on any atom is -0.166 e. The summed E-state index contributed by atoms with van der Waals surface area (Å²) in [5.74, 6) is 0. The van der Waals surface area contributed by atoms with Crippen molar-refractivity contribution in [3.05, 3.63) is 32.9 Å². The SMILES string of the molecule is CCCc1cc(I)cc(C(F)(F)F)c1. The Hall–Kier alpha value is -0.260. The molecule has 0 N–H and O–H groups in total. The molecule has 0 saturated heterocycles. The minimum atomic E-state index is -4.23. The number of rotatable bonds is 2. The molecule has 1 aromatic rings. The molecule has 4 heteroatoms. The summed E-state index contributed by atoms with van der Waals surface area (Å²) in [6.07, 6.45) is -2.68. The standard InChI is InChI=1S/C10H10F3I/c1-2-3-7-4-8(10(11,12)13)6-9(14)5-7/h4-6H,2-3H2,1H3. The Morgan fingerprint density at radius 1 is 1.21 bits per heavy atom. The topological polar surface area (TPSA) is 0 Å². The van der Waals surface area contributed by atoms with Crippen LogP contribution in [-0.2, 0) is 12.6 Å². The molecule has 0 fully saturated rings. The maximum atomic E-state index is 12.4. The summed E-state index contributed by atoms with van der Waals surface area (Å²) >= 11 is 1.91. The summed E-state index contributed by atoms with van der Waals surface area (Å²) in [5.41, 5.74) is 0.208.